The van der Waals surface area contributed by atoms with E-state index in [1.807, 2.05) is 30.3 Å². The molecule has 0 bridgehead atoms. The third kappa shape index (κ3) is 6.17. The molecule has 0 aliphatic heterocycles. The zero-order chi connectivity index (χ0) is 22.1. The van der Waals surface area contributed by atoms with Gasteiger partial charge in [-0.1, -0.05) is 48.5 Å². The topological polar surface area (TPSA) is 93.7 Å². The van der Waals surface area contributed by atoms with Gasteiger partial charge in [0.15, 0.2) is 0 Å². The Hall–Kier alpha value is -4.13. The number of para-hydroxylation sites is 1. The minimum Gasteiger partial charge on any atom is -0.457 e. The Kier molecular flexibility index (Phi) is 7.37. The quantitative estimate of drug-likeness (QED) is 0.560. The SMILES string of the molecule is CCNC(=O)NC(=O)[C@H](OC(=O)c1ccc(Oc2ccccc2)cc1)c1ccccc1. The summed E-state index contributed by atoms with van der Waals surface area (Å²) in [6, 6.07) is 23.4. The van der Waals surface area contributed by atoms with Gasteiger partial charge in [-0.3, -0.25) is 10.1 Å². The molecule has 0 aromatic heterocycles. The summed E-state index contributed by atoms with van der Waals surface area (Å²) in [5, 5.41) is 4.66. The number of rotatable bonds is 7. The van der Waals surface area contributed by atoms with Crippen LogP contribution in [0.3, 0.4) is 0 Å². The first kappa shape index (κ1) is 21.6. The molecule has 0 saturated carbocycles. The smallest absolute Gasteiger partial charge is 0.339 e. The first-order valence-corrected chi connectivity index (χ1v) is 9.74. The van der Waals surface area contributed by atoms with E-state index in [-0.39, 0.29) is 5.56 Å². The van der Waals surface area contributed by atoms with Gasteiger partial charge in [0.25, 0.3) is 5.91 Å². The fourth-order valence-corrected chi connectivity index (χ4v) is 2.74. The number of hydrogen-bond donors (Lipinski definition) is 2. The minimum absolute atomic E-state index is 0.243. The standard InChI is InChI=1S/C24H22N2O5/c1-2-25-24(29)26-22(27)21(17-9-5-3-6-10-17)31-23(28)18-13-15-20(16-14-18)30-19-11-7-4-8-12-19/h3-16,21H,2H2,1H3,(H2,25,26,27,29)/t21-/m1/s1. The summed E-state index contributed by atoms with van der Waals surface area (Å²) in [5.74, 6) is -0.221. The number of benzene rings is 3. The molecule has 1 atom stereocenters. The summed E-state index contributed by atoms with van der Waals surface area (Å²) < 4.78 is 11.2. The number of ether oxygens (including phenoxy) is 2. The second-order valence-corrected chi connectivity index (χ2v) is 6.48. The van der Waals surface area contributed by atoms with E-state index in [9.17, 15) is 14.4 Å². The van der Waals surface area contributed by atoms with Crippen LogP contribution in [0.25, 0.3) is 0 Å². The van der Waals surface area contributed by atoms with Crippen molar-refractivity contribution in [2.24, 2.45) is 0 Å². The predicted octanol–water partition coefficient (Wildman–Crippen LogP) is 4.22. The molecule has 3 aromatic rings. The lowest BCUT2D eigenvalue weighted by Crippen LogP contribution is -2.42. The average Bonchev–Trinajstić information content (AvgIpc) is 2.79. The van der Waals surface area contributed by atoms with Crippen LogP contribution in [0.4, 0.5) is 4.79 Å². The van der Waals surface area contributed by atoms with E-state index in [4.69, 9.17) is 9.47 Å². The van der Waals surface area contributed by atoms with Gasteiger partial charge in [0, 0.05) is 12.1 Å². The maximum atomic E-state index is 12.7. The molecular weight excluding hydrogens is 396 g/mol. The molecule has 3 aromatic carbocycles. The van der Waals surface area contributed by atoms with E-state index in [1.54, 1.807) is 61.5 Å². The second-order valence-electron chi connectivity index (χ2n) is 6.48. The fraction of sp³-hybridized carbons (Fsp3) is 0.125. The summed E-state index contributed by atoms with van der Waals surface area (Å²) >= 11 is 0. The number of imide groups is 1. The number of esters is 1. The highest BCUT2D eigenvalue weighted by atomic mass is 16.5. The molecule has 7 nitrogen and oxygen atoms in total. The summed E-state index contributed by atoms with van der Waals surface area (Å²) in [5.41, 5.74) is 0.689. The van der Waals surface area contributed by atoms with Crippen molar-refractivity contribution in [1.29, 1.82) is 0 Å². The second kappa shape index (κ2) is 10.6. The molecular formula is C24H22N2O5. The largest absolute Gasteiger partial charge is 0.457 e. The van der Waals surface area contributed by atoms with Crippen LogP contribution in [0.1, 0.15) is 28.9 Å². The number of amides is 3. The molecule has 0 fully saturated rings. The van der Waals surface area contributed by atoms with E-state index in [0.717, 1.165) is 0 Å². The normalized spacial score (nSPS) is 11.1. The Morgan fingerprint density at radius 3 is 2.00 bits per heavy atom. The Morgan fingerprint density at radius 1 is 0.806 bits per heavy atom. The lowest BCUT2D eigenvalue weighted by atomic mass is 10.1. The lowest BCUT2D eigenvalue weighted by molar-refractivity contribution is -0.129. The molecule has 2 N–H and O–H groups in total. The number of urea groups is 1. The van der Waals surface area contributed by atoms with Crippen molar-refractivity contribution >= 4 is 17.9 Å². The molecule has 0 radical (unpaired) electrons. The molecule has 31 heavy (non-hydrogen) atoms. The highest BCUT2D eigenvalue weighted by Gasteiger charge is 2.27. The number of carbonyl (C=O) groups excluding carboxylic acids is 3. The first-order chi connectivity index (χ1) is 15.1. The van der Waals surface area contributed by atoms with E-state index < -0.39 is 24.0 Å². The summed E-state index contributed by atoms with van der Waals surface area (Å²) in [4.78, 5) is 37.0. The van der Waals surface area contributed by atoms with Gasteiger partial charge in [0.1, 0.15) is 11.5 Å². The minimum atomic E-state index is -1.28. The number of hydrogen-bond acceptors (Lipinski definition) is 5. The van der Waals surface area contributed by atoms with Crippen molar-refractivity contribution in [1.82, 2.24) is 10.6 Å². The third-order valence-corrected chi connectivity index (χ3v) is 4.21. The lowest BCUT2D eigenvalue weighted by Gasteiger charge is -2.18. The molecule has 3 rings (SSSR count). The molecule has 0 aliphatic rings. The maximum Gasteiger partial charge on any atom is 0.339 e. The summed E-state index contributed by atoms with van der Waals surface area (Å²) in [7, 11) is 0. The van der Waals surface area contributed by atoms with Crippen molar-refractivity contribution in [3.8, 4) is 11.5 Å². The monoisotopic (exact) mass is 418 g/mol. The highest BCUT2D eigenvalue weighted by molar-refractivity contribution is 5.99. The van der Waals surface area contributed by atoms with Crippen LogP contribution in [-0.4, -0.2) is 24.5 Å². The van der Waals surface area contributed by atoms with Gasteiger partial charge in [0.2, 0.25) is 6.10 Å². The van der Waals surface area contributed by atoms with Crippen molar-refractivity contribution in [2.75, 3.05) is 6.54 Å². The highest BCUT2D eigenvalue weighted by Crippen LogP contribution is 2.23. The molecule has 158 valence electrons. The molecule has 0 unspecified atom stereocenters. The van der Waals surface area contributed by atoms with Crippen molar-refractivity contribution in [2.45, 2.75) is 13.0 Å². The van der Waals surface area contributed by atoms with Crippen LogP contribution < -0.4 is 15.4 Å². The van der Waals surface area contributed by atoms with Crippen LogP contribution in [0.15, 0.2) is 84.9 Å². The van der Waals surface area contributed by atoms with E-state index in [0.29, 0.717) is 23.6 Å². The van der Waals surface area contributed by atoms with Gasteiger partial charge in [0.05, 0.1) is 5.56 Å². The van der Waals surface area contributed by atoms with Crippen LogP contribution in [0, 0.1) is 0 Å². The fourth-order valence-electron chi connectivity index (χ4n) is 2.74. The molecule has 7 heteroatoms. The Morgan fingerprint density at radius 2 is 1.39 bits per heavy atom. The van der Waals surface area contributed by atoms with Gasteiger partial charge in [-0.05, 0) is 43.3 Å². The van der Waals surface area contributed by atoms with Crippen molar-refractivity contribution in [3.05, 3.63) is 96.1 Å². The summed E-state index contributed by atoms with van der Waals surface area (Å²) in [6.45, 7) is 2.08. The zero-order valence-electron chi connectivity index (χ0n) is 16.9. The van der Waals surface area contributed by atoms with Crippen molar-refractivity contribution < 1.29 is 23.9 Å². The van der Waals surface area contributed by atoms with Crippen LogP contribution in [0.2, 0.25) is 0 Å². The van der Waals surface area contributed by atoms with Crippen LogP contribution >= 0.6 is 0 Å². The van der Waals surface area contributed by atoms with E-state index in [2.05, 4.69) is 10.6 Å². The zero-order valence-corrected chi connectivity index (χ0v) is 16.9. The summed E-state index contributed by atoms with van der Waals surface area (Å²) in [6.07, 6.45) is -1.28. The van der Waals surface area contributed by atoms with Crippen molar-refractivity contribution in [3.63, 3.8) is 0 Å². The Balaban J connectivity index is 1.72. The number of nitrogens with one attached hydrogen (secondary N) is 2. The van der Waals surface area contributed by atoms with Gasteiger partial charge in [-0.25, -0.2) is 9.59 Å². The van der Waals surface area contributed by atoms with Gasteiger partial charge in [-0.15, -0.1) is 0 Å². The molecule has 0 spiro atoms. The maximum absolute atomic E-state index is 12.7. The molecule has 0 saturated heterocycles. The molecule has 0 heterocycles. The van der Waals surface area contributed by atoms with Gasteiger partial charge < -0.3 is 14.8 Å². The third-order valence-electron chi connectivity index (χ3n) is 4.21. The molecule has 0 aliphatic carbocycles. The van der Waals surface area contributed by atoms with Crippen LogP contribution in [0.5, 0.6) is 11.5 Å². The van der Waals surface area contributed by atoms with Crippen LogP contribution in [-0.2, 0) is 9.53 Å². The first-order valence-electron chi connectivity index (χ1n) is 9.74. The van der Waals surface area contributed by atoms with Gasteiger partial charge in [-0.2, -0.15) is 0 Å². The van der Waals surface area contributed by atoms with E-state index >= 15 is 0 Å². The predicted molar refractivity (Wildman–Crippen MR) is 115 cm³/mol. The van der Waals surface area contributed by atoms with E-state index in [1.165, 1.54) is 0 Å². The Bertz CT molecular complexity index is 1020. The number of carbonyl (C=O) groups is 3. The van der Waals surface area contributed by atoms with Gasteiger partial charge >= 0.3 is 12.0 Å². The Labute approximate surface area is 180 Å². The average molecular weight is 418 g/mol. The molecule has 3 amide bonds.